The number of terminal acetylenes is 1. The zero-order valence-electron chi connectivity index (χ0n) is 7.14. The van der Waals surface area contributed by atoms with Crippen molar-refractivity contribution in [2.24, 2.45) is 0 Å². The molecule has 2 nitrogen and oxygen atoms in total. The summed E-state index contributed by atoms with van der Waals surface area (Å²) < 4.78 is 0. The molecule has 0 saturated heterocycles. The van der Waals surface area contributed by atoms with Gasteiger partial charge in [-0.05, 0) is 19.4 Å². The average Bonchev–Trinajstić information content (AvgIpc) is 2.04. The monoisotopic (exact) mass is 155 g/mol. The Hall–Kier alpha value is -0.520. The predicted molar refractivity (Wildman–Crippen MR) is 47.2 cm³/mol. The van der Waals surface area contributed by atoms with Crippen LogP contribution in [0.4, 0.5) is 0 Å². The number of hydrogen-bond donors (Lipinski definition) is 2. The lowest BCUT2D eigenvalue weighted by Crippen LogP contribution is -2.26. The fourth-order valence-corrected chi connectivity index (χ4v) is 0.728. The van der Waals surface area contributed by atoms with Gasteiger partial charge in [-0.25, -0.2) is 0 Å². The molecule has 0 aliphatic heterocycles. The maximum atomic E-state index is 9.11. The molecule has 2 N–H and O–H groups in total. The van der Waals surface area contributed by atoms with Crippen molar-refractivity contribution in [3.63, 3.8) is 0 Å². The fraction of sp³-hybridized carbons (Fsp3) is 0.778. The van der Waals surface area contributed by atoms with Crippen LogP contribution in [-0.2, 0) is 0 Å². The highest BCUT2D eigenvalue weighted by Crippen LogP contribution is 1.87. The van der Waals surface area contributed by atoms with Gasteiger partial charge in [0, 0.05) is 13.0 Å². The Balaban J connectivity index is 2.97. The smallest absolute Gasteiger partial charge is 0.0662 e. The molecule has 0 spiro atoms. The molecule has 0 rings (SSSR count). The van der Waals surface area contributed by atoms with Crippen LogP contribution < -0.4 is 5.32 Å². The van der Waals surface area contributed by atoms with Crippen LogP contribution in [0.1, 0.15) is 26.2 Å². The molecule has 1 atom stereocenters. The second kappa shape index (κ2) is 7.59. The summed E-state index contributed by atoms with van der Waals surface area (Å²) >= 11 is 0. The Morgan fingerprint density at radius 2 is 2.36 bits per heavy atom. The molecule has 0 heterocycles. The van der Waals surface area contributed by atoms with Crippen LogP contribution in [-0.4, -0.2) is 24.3 Å². The minimum atomic E-state index is -0.208. The minimum Gasteiger partial charge on any atom is -0.392 e. The van der Waals surface area contributed by atoms with Crippen molar-refractivity contribution >= 4 is 0 Å². The van der Waals surface area contributed by atoms with Crippen molar-refractivity contribution in [1.29, 1.82) is 0 Å². The molecule has 0 saturated carbocycles. The van der Waals surface area contributed by atoms with Crippen LogP contribution in [0.2, 0.25) is 0 Å². The Morgan fingerprint density at radius 1 is 1.64 bits per heavy atom. The van der Waals surface area contributed by atoms with Crippen molar-refractivity contribution in [1.82, 2.24) is 5.32 Å². The lowest BCUT2D eigenvalue weighted by molar-refractivity contribution is 0.167. The van der Waals surface area contributed by atoms with Gasteiger partial charge >= 0.3 is 0 Å². The highest BCUT2D eigenvalue weighted by atomic mass is 16.3. The van der Waals surface area contributed by atoms with Gasteiger partial charge in [-0.1, -0.05) is 6.92 Å². The van der Waals surface area contributed by atoms with Gasteiger partial charge in [0.2, 0.25) is 0 Å². The number of aliphatic hydroxyl groups excluding tert-OH is 1. The Labute approximate surface area is 69.0 Å². The van der Waals surface area contributed by atoms with Gasteiger partial charge in [0.25, 0.3) is 0 Å². The second-order valence-electron chi connectivity index (χ2n) is 2.57. The maximum absolute atomic E-state index is 9.11. The van der Waals surface area contributed by atoms with Crippen LogP contribution >= 0.6 is 0 Å². The largest absolute Gasteiger partial charge is 0.392 e. The van der Waals surface area contributed by atoms with E-state index < -0.39 is 0 Å². The molecule has 2 heteroatoms. The highest BCUT2D eigenvalue weighted by molar-refractivity contribution is 4.83. The van der Waals surface area contributed by atoms with E-state index in [9.17, 15) is 0 Å². The normalized spacial score (nSPS) is 12.5. The maximum Gasteiger partial charge on any atom is 0.0662 e. The molecule has 11 heavy (non-hydrogen) atoms. The summed E-state index contributed by atoms with van der Waals surface area (Å²) in [4.78, 5) is 0. The summed E-state index contributed by atoms with van der Waals surface area (Å²) in [5, 5.41) is 12.2. The van der Waals surface area contributed by atoms with Gasteiger partial charge in [-0.3, -0.25) is 0 Å². The summed E-state index contributed by atoms with van der Waals surface area (Å²) in [5.74, 6) is 2.57. The van der Waals surface area contributed by atoms with E-state index in [0.29, 0.717) is 6.54 Å². The van der Waals surface area contributed by atoms with E-state index in [1.54, 1.807) is 0 Å². The highest BCUT2D eigenvalue weighted by Gasteiger charge is 1.97. The number of nitrogens with one attached hydrogen (secondary N) is 1. The van der Waals surface area contributed by atoms with Gasteiger partial charge in [-0.2, -0.15) is 0 Å². The van der Waals surface area contributed by atoms with Gasteiger partial charge in [-0.15, -0.1) is 12.3 Å². The number of aliphatic hydroxyl groups is 1. The molecule has 0 aliphatic rings. The molecule has 0 fully saturated rings. The van der Waals surface area contributed by atoms with Gasteiger partial charge in [0.15, 0.2) is 0 Å². The fourth-order valence-electron chi connectivity index (χ4n) is 0.728. The first kappa shape index (κ1) is 10.5. The molecule has 0 aliphatic carbocycles. The number of unbranched alkanes of at least 4 members (excludes halogenated alkanes) is 1. The topological polar surface area (TPSA) is 32.3 Å². The number of hydrogen-bond acceptors (Lipinski definition) is 2. The van der Waals surface area contributed by atoms with Gasteiger partial charge < -0.3 is 10.4 Å². The van der Waals surface area contributed by atoms with Crippen LogP contribution in [0.3, 0.4) is 0 Å². The van der Waals surface area contributed by atoms with E-state index in [1.165, 1.54) is 0 Å². The van der Waals surface area contributed by atoms with Crippen molar-refractivity contribution in [2.45, 2.75) is 32.3 Å². The van der Waals surface area contributed by atoms with E-state index in [1.807, 2.05) is 6.92 Å². The quantitative estimate of drug-likeness (QED) is 0.438. The third kappa shape index (κ3) is 7.38. The SMILES string of the molecule is C#CCCCNCC(O)CC. The van der Waals surface area contributed by atoms with E-state index >= 15 is 0 Å². The molecule has 0 bridgehead atoms. The van der Waals surface area contributed by atoms with Crippen LogP contribution in [0.25, 0.3) is 0 Å². The summed E-state index contributed by atoms with van der Waals surface area (Å²) in [6.07, 6.45) is 7.48. The minimum absolute atomic E-state index is 0.208. The molecule has 1 unspecified atom stereocenters. The first-order valence-electron chi connectivity index (χ1n) is 4.13. The lowest BCUT2D eigenvalue weighted by atomic mass is 10.2. The van der Waals surface area contributed by atoms with Crippen molar-refractivity contribution in [3.8, 4) is 12.3 Å². The van der Waals surface area contributed by atoms with E-state index in [4.69, 9.17) is 11.5 Å². The van der Waals surface area contributed by atoms with Gasteiger partial charge in [0.05, 0.1) is 6.10 Å². The molecule has 0 aromatic rings. The van der Waals surface area contributed by atoms with E-state index in [0.717, 1.165) is 25.8 Å². The standard InChI is InChI=1S/C9H17NO/c1-3-5-6-7-10-8-9(11)4-2/h1,9-11H,4-8H2,2H3. The number of rotatable bonds is 6. The molecule has 0 radical (unpaired) electrons. The Kier molecular flexibility index (Phi) is 7.23. The molecule has 64 valence electrons. The molecule has 0 aromatic carbocycles. The summed E-state index contributed by atoms with van der Waals surface area (Å²) in [6, 6.07) is 0. The first-order chi connectivity index (χ1) is 5.31. The summed E-state index contributed by atoms with van der Waals surface area (Å²) in [6.45, 7) is 3.55. The van der Waals surface area contributed by atoms with Crippen LogP contribution in [0.15, 0.2) is 0 Å². The molecular weight excluding hydrogens is 138 g/mol. The Morgan fingerprint density at radius 3 is 2.91 bits per heavy atom. The Bertz CT molecular complexity index is 117. The second-order valence-corrected chi connectivity index (χ2v) is 2.57. The van der Waals surface area contributed by atoms with Crippen LogP contribution in [0.5, 0.6) is 0 Å². The van der Waals surface area contributed by atoms with Crippen LogP contribution in [0, 0.1) is 12.3 Å². The third-order valence-electron chi connectivity index (χ3n) is 1.53. The predicted octanol–water partition coefficient (Wildman–Crippen LogP) is 0.760. The summed E-state index contributed by atoms with van der Waals surface area (Å²) in [5.41, 5.74) is 0. The molecule has 0 aromatic heterocycles. The zero-order valence-corrected chi connectivity index (χ0v) is 7.14. The van der Waals surface area contributed by atoms with Gasteiger partial charge in [0.1, 0.15) is 0 Å². The first-order valence-corrected chi connectivity index (χ1v) is 4.13. The van der Waals surface area contributed by atoms with E-state index in [2.05, 4.69) is 11.2 Å². The van der Waals surface area contributed by atoms with Crippen molar-refractivity contribution in [3.05, 3.63) is 0 Å². The zero-order chi connectivity index (χ0) is 8.53. The molecular formula is C9H17NO. The third-order valence-corrected chi connectivity index (χ3v) is 1.53. The molecule has 0 amide bonds. The van der Waals surface area contributed by atoms with Crippen molar-refractivity contribution < 1.29 is 5.11 Å². The summed E-state index contributed by atoms with van der Waals surface area (Å²) in [7, 11) is 0. The van der Waals surface area contributed by atoms with E-state index in [-0.39, 0.29) is 6.10 Å². The van der Waals surface area contributed by atoms with Crippen molar-refractivity contribution in [2.75, 3.05) is 13.1 Å². The lowest BCUT2D eigenvalue weighted by Gasteiger charge is -2.07. The average molecular weight is 155 g/mol.